The molecule has 1 atom stereocenters. The van der Waals surface area contributed by atoms with Crippen molar-refractivity contribution in [2.75, 3.05) is 0 Å². The lowest BCUT2D eigenvalue weighted by Gasteiger charge is -2.17. The molecule has 0 fully saturated rings. The van der Waals surface area contributed by atoms with E-state index < -0.39 is 17.9 Å². The molecular weight excluding hydrogens is 306 g/mol. The molecule has 0 unspecified atom stereocenters. The first-order valence-corrected chi connectivity index (χ1v) is 8.49. The molecule has 0 aromatic heterocycles. The Kier molecular flexibility index (Phi) is 8.16. The smallest absolute Gasteiger partial charge is 0.326 e. The molecule has 1 rings (SSSR count). The van der Waals surface area contributed by atoms with Crippen molar-refractivity contribution in [1.29, 1.82) is 0 Å². The van der Waals surface area contributed by atoms with Gasteiger partial charge in [0.2, 0.25) is 5.91 Å². The largest absolute Gasteiger partial charge is 0.480 e. The summed E-state index contributed by atoms with van der Waals surface area (Å²) in [6.45, 7) is 5.59. The zero-order valence-electron chi connectivity index (χ0n) is 14.7. The molecule has 0 aliphatic heterocycles. The number of carboxylic acids is 1. The van der Waals surface area contributed by atoms with Crippen LogP contribution in [-0.2, 0) is 16.0 Å². The monoisotopic (exact) mass is 333 g/mol. The molecule has 5 heteroatoms. The average molecular weight is 333 g/mol. The molecule has 5 nitrogen and oxygen atoms in total. The predicted molar refractivity (Wildman–Crippen MR) is 93.0 cm³/mol. The summed E-state index contributed by atoms with van der Waals surface area (Å²) >= 11 is 0. The number of carbonyl (C=O) groups excluding carboxylic acids is 2. The fourth-order valence-corrected chi connectivity index (χ4v) is 2.37. The predicted octanol–water partition coefficient (Wildman–Crippen LogP) is 3.22. The maximum Gasteiger partial charge on any atom is 0.326 e. The molecule has 1 aromatic carbocycles. The number of unbranched alkanes of at least 4 members (excludes halogenated alkanes) is 1. The first-order valence-electron chi connectivity index (χ1n) is 8.49. The van der Waals surface area contributed by atoms with Gasteiger partial charge < -0.3 is 10.4 Å². The van der Waals surface area contributed by atoms with Crippen molar-refractivity contribution in [1.82, 2.24) is 5.32 Å². The lowest BCUT2D eigenvalue weighted by molar-refractivity contribution is -0.143. The Morgan fingerprint density at radius 2 is 1.71 bits per heavy atom. The fraction of sp³-hybridized carbons (Fsp3) is 0.526. The van der Waals surface area contributed by atoms with Crippen LogP contribution in [0.5, 0.6) is 0 Å². The molecule has 0 radical (unpaired) electrons. The van der Waals surface area contributed by atoms with Crippen molar-refractivity contribution < 1.29 is 19.5 Å². The molecule has 0 spiro atoms. The zero-order valence-corrected chi connectivity index (χ0v) is 14.7. The van der Waals surface area contributed by atoms with Gasteiger partial charge >= 0.3 is 5.97 Å². The molecule has 132 valence electrons. The summed E-state index contributed by atoms with van der Waals surface area (Å²) in [7, 11) is 0. The van der Waals surface area contributed by atoms with Gasteiger partial charge in [-0.1, -0.05) is 51.5 Å². The van der Waals surface area contributed by atoms with Gasteiger partial charge in [0.1, 0.15) is 6.04 Å². The molecule has 24 heavy (non-hydrogen) atoms. The van der Waals surface area contributed by atoms with Crippen LogP contribution in [0.1, 0.15) is 62.4 Å². The van der Waals surface area contributed by atoms with Crippen LogP contribution in [0.2, 0.25) is 0 Å². The summed E-state index contributed by atoms with van der Waals surface area (Å²) in [5, 5.41) is 11.5. The van der Waals surface area contributed by atoms with Crippen LogP contribution in [0.3, 0.4) is 0 Å². The SMILES string of the molecule is CCCCc1ccc(C(=O)CCC(=O)N[C@@H](C(=O)O)C(C)C)cc1. The minimum absolute atomic E-state index is 0.00702. The molecule has 0 aliphatic carbocycles. The number of rotatable bonds is 10. The topological polar surface area (TPSA) is 83.5 Å². The zero-order chi connectivity index (χ0) is 18.1. The number of aliphatic carboxylic acids is 1. The van der Waals surface area contributed by atoms with E-state index in [-0.39, 0.29) is 24.5 Å². The average Bonchev–Trinajstić information content (AvgIpc) is 2.55. The first-order chi connectivity index (χ1) is 11.3. The highest BCUT2D eigenvalue weighted by molar-refractivity contribution is 5.98. The second-order valence-corrected chi connectivity index (χ2v) is 6.35. The highest BCUT2D eigenvalue weighted by Gasteiger charge is 2.23. The fourth-order valence-electron chi connectivity index (χ4n) is 2.37. The van der Waals surface area contributed by atoms with Crippen LogP contribution in [0.15, 0.2) is 24.3 Å². The lowest BCUT2D eigenvalue weighted by Crippen LogP contribution is -2.44. The number of aryl methyl sites for hydroxylation is 1. The Morgan fingerprint density at radius 1 is 1.08 bits per heavy atom. The number of nitrogens with one attached hydrogen (secondary N) is 1. The molecular formula is C19H27NO4. The highest BCUT2D eigenvalue weighted by atomic mass is 16.4. The quantitative estimate of drug-likeness (QED) is 0.644. The van der Waals surface area contributed by atoms with Crippen LogP contribution in [0, 0.1) is 5.92 Å². The van der Waals surface area contributed by atoms with E-state index in [1.807, 2.05) is 12.1 Å². The Labute approximate surface area is 143 Å². The Balaban J connectivity index is 2.50. The number of hydrogen-bond acceptors (Lipinski definition) is 3. The van der Waals surface area contributed by atoms with E-state index in [9.17, 15) is 14.4 Å². The van der Waals surface area contributed by atoms with Crippen LogP contribution < -0.4 is 5.32 Å². The number of carbonyl (C=O) groups is 3. The van der Waals surface area contributed by atoms with Crippen LogP contribution in [0.25, 0.3) is 0 Å². The number of benzene rings is 1. The summed E-state index contributed by atoms with van der Waals surface area (Å²) in [5.74, 6) is -1.79. The number of ketones is 1. The van der Waals surface area contributed by atoms with Gasteiger partial charge in [-0.25, -0.2) is 4.79 Å². The van der Waals surface area contributed by atoms with E-state index in [1.54, 1.807) is 26.0 Å². The second kappa shape index (κ2) is 9.85. The number of amides is 1. The number of carboxylic acid groups (broad SMARTS) is 1. The van der Waals surface area contributed by atoms with Gasteiger partial charge in [-0.05, 0) is 24.3 Å². The minimum Gasteiger partial charge on any atom is -0.480 e. The standard InChI is InChI=1S/C19H27NO4/c1-4-5-6-14-7-9-15(10-8-14)16(21)11-12-17(22)20-18(13(2)3)19(23)24/h7-10,13,18H,4-6,11-12H2,1-3H3,(H,20,22)(H,23,24)/t18-/m1/s1. The highest BCUT2D eigenvalue weighted by Crippen LogP contribution is 2.11. The van der Waals surface area contributed by atoms with Gasteiger partial charge in [0.05, 0.1) is 0 Å². The molecule has 0 saturated carbocycles. The van der Waals surface area contributed by atoms with E-state index in [4.69, 9.17) is 5.11 Å². The molecule has 0 saturated heterocycles. The van der Waals surface area contributed by atoms with E-state index in [0.29, 0.717) is 5.56 Å². The molecule has 2 N–H and O–H groups in total. The van der Waals surface area contributed by atoms with Gasteiger partial charge in [0.25, 0.3) is 0 Å². The first kappa shape index (κ1) is 19.9. The second-order valence-electron chi connectivity index (χ2n) is 6.35. The third-order valence-electron chi connectivity index (χ3n) is 3.92. The van der Waals surface area contributed by atoms with Crippen molar-refractivity contribution in [3.63, 3.8) is 0 Å². The maximum atomic E-state index is 12.1. The summed E-state index contributed by atoms with van der Waals surface area (Å²) in [6, 6.07) is 6.55. The normalized spacial score (nSPS) is 12.0. The van der Waals surface area contributed by atoms with Crippen LogP contribution >= 0.6 is 0 Å². The van der Waals surface area contributed by atoms with Gasteiger partial charge in [-0.3, -0.25) is 9.59 Å². The van der Waals surface area contributed by atoms with E-state index in [1.165, 1.54) is 5.56 Å². The third kappa shape index (κ3) is 6.52. The van der Waals surface area contributed by atoms with Crippen LogP contribution in [0.4, 0.5) is 0 Å². The van der Waals surface area contributed by atoms with Gasteiger partial charge in [0, 0.05) is 18.4 Å². The number of hydrogen-bond donors (Lipinski definition) is 2. The van der Waals surface area contributed by atoms with Crippen molar-refractivity contribution >= 4 is 17.7 Å². The molecule has 1 aromatic rings. The summed E-state index contributed by atoms with van der Waals surface area (Å²) in [4.78, 5) is 35.0. The van der Waals surface area contributed by atoms with Gasteiger partial charge in [-0.15, -0.1) is 0 Å². The van der Waals surface area contributed by atoms with E-state index in [0.717, 1.165) is 19.3 Å². The van der Waals surface area contributed by atoms with Crippen molar-refractivity contribution in [3.8, 4) is 0 Å². The molecule has 1 amide bonds. The minimum atomic E-state index is -1.06. The van der Waals surface area contributed by atoms with Crippen molar-refractivity contribution in [2.45, 2.75) is 58.9 Å². The molecule has 0 bridgehead atoms. The number of Topliss-reactive ketones (excluding diaryl/α,β-unsaturated/α-hetero) is 1. The third-order valence-corrected chi connectivity index (χ3v) is 3.92. The van der Waals surface area contributed by atoms with Crippen molar-refractivity contribution in [2.24, 2.45) is 5.92 Å². The molecule has 0 aliphatic rings. The Bertz CT molecular complexity index is 563. The summed E-state index contributed by atoms with van der Waals surface area (Å²) < 4.78 is 0. The van der Waals surface area contributed by atoms with E-state index in [2.05, 4.69) is 12.2 Å². The van der Waals surface area contributed by atoms with Crippen molar-refractivity contribution in [3.05, 3.63) is 35.4 Å². The Morgan fingerprint density at radius 3 is 2.21 bits per heavy atom. The van der Waals surface area contributed by atoms with Gasteiger partial charge in [0.15, 0.2) is 5.78 Å². The maximum absolute atomic E-state index is 12.1. The lowest BCUT2D eigenvalue weighted by atomic mass is 10.0. The van der Waals surface area contributed by atoms with Gasteiger partial charge in [-0.2, -0.15) is 0 Å². The van der Waals surface area contributed by atoms with E-state index >= 15 is 0 Å². The molecule has 0 heterocycles. The Hall–Kier alpha value is -2.17. The summed E-state index contributed by atoms with van der Waals surface area (Å²) in [5.41, 5.74) is 1.79. The summed E-state index contributed by atoms with van der Waals surface area (Å²) in [6.07, 6.45) is 3.31. The van der Waals surface area contributed by atoms with Crippen LogP contribution in [-0.4, -0.2) is 28.8 Å².